The Morgan fingerprint density at radius 1 is 1.42 bits per heavy atom. The number of rotatable bonds is 5. The molecule has 110 valence electrons. The van der Waals surface area contributed by atoms with Crippen molar-refractivity contribution < 1.29 is 9.90 Å². The zero-order valence-corrected chi connectivity index (χ0v) is 12.1. The fourth-order valence-electron chi connectivity index (χ4n) is 3.01. The lowest BCUT2D eigenvalue weighted by molar-refractivity contribution is -0.141. The summed E-state index contributed by atoms with van der Waals surface area (Å²) in [6.07, 6.45) is 2.05. The first-order valence-corrected chi connectivity index (χ1v) is 7.44. The smallest absolute Gasteiger partial charge is 0.226 e. The van der Waals surface area contributed by atoms with E-state index < -0.39 is 0 Å². The molecular weight excluding hydrogens is 242 g/mol. The van der Waals surface area contributed by atoms with Crippen LogP contribution in [0.25, 0.3) is 0 Å². The number of piperidine rings is 1. The summed E-state index contributed by atoms with van der Waals surface area (Å²) < 4.78 is 0. The number of amides is 1. The summed E-state index contributed by atoms with van der Waals surface area (Å²) in [5, 5.41) is 12.5. The van der Waals surface area contributed by atoms with E-state index in [1.54, 1.807) is 0 Å². The van der Waals surface area contributed by atoms with E-state index in [0.717, 1.165) is 39.0 Å². The monoisotopic (exact) mass is 269 g/mol. The lowest BCUT2D eigenvalue weighted by Crippen LogP contribution is -2.54. The van der Waals surface area contributed by atoms with Crippen LogP contribution in [-0.2, 0) is 4.79 Å². The molecule has 0 aromatic rings. The second-order valence-electron chi connectivity index (χ2n) is 6.00. The van der Waals surface area contributed by atoms with Crippen LogP contribution in [-0.4, -0.2) is 73.2 Å². The molecule has 2 N–H and O–H groups in total. The van der Waals surface area contributed by atoms with E-state index in [1.165, 1.54) is 0 Å². The molecule has 1 amide bonds. The third-order valence-corrected chi connectivity index (χ3v) is 4.66. The highest BCUT2D eigenvalue weighted by Crippen LogP contribution is 2.23. The highest BCUT2D eigenvalue weighted by atomic mass is 16.3. The van der Waals surface area contributed by atoms with Crippen molar-refractivity contribution in [3.05, 3.63) is 0 Å². The molecule has 0 saturated carbocycles. The summed E-state index contributed by atoms with van der Waals surface area (Å²) >= 11 is 0. The van der Waals surface area contributed by atoms with Gasteiger partial charge >= 0.3 is 0 Å². The average molecular weight is 269 g/mol. The van der Waals surface area contributed by atoms with Gasteiger partial charge < -0.3 is 20.2 Å². The lowest BCUT2D eigenvalue weighted by Gasteiger charge is -2.41. The van der Waals surface area contributed by atoms with Gasteiger partial charge in [-0.1, -0.05) is 6.92 Å². The Morgan fingerprint density at radius 3 is 2.53 bits per heavy atom. The van der Waals surface area contributed by atoms with Crippen LogP contribution < -0.4 is 5.32 Å². The SMILES string of the molecule is CC(C(=O)N(CCO)C1CCN(C)CC1)C1CNC1. The van der Waals surface area contributed by atoms with E-state index in [4.69, 9.17) is 0 Å². The number of aliphatic hydroxyl groups excluding tert-OH is 1. The molecule has 5 nitrogen and oxygen atoms in total. The minimum atomic E-state index is 0.0632. The van der Waals surface area contributed by atoms with Gasteiger partial charge in [0, 0.05) is 18.5 Å². The van der Waals surface area contributed by atoms with Crippen LogP contribution >= 0.6 is 0 Å². The predicted molar refractivity (Wildman–Crippen MR) is 74.8 cm³/mol. The third-order valence-electron chi connectivity index (χ3n) is 4.66. The van der Waals surface area contributed by atoms with Crippen LogP contribution in [0.5, 0.6) is 0 Å². The van der Waals surface area contributed by atoms with Gasteiger partial charge in [-0.2, -0.15) is 0 Å². The summed E-state index contributed by atoms with van der Waals surface area (Å²) in [6, 6.07) is 0.311. The molecule has 2 heterocycles. The Kier molecular flexibility index (Phi) is 5.19. The van der Waals surface area contributed by atoms with Gasteiger partial charge in [0.15, 0.2) is 0 Å². The van der Waals surface area contributed by atoms with Crippen molar-refractivity contribution in [2.45, 2.75) is 25.8 Å². The minimum absolute atomic E-state index is 0.0632. The van der Waals surface area contributed by atoms with Gasteiger partial charge in [0.25, 0.3) is 0 Å². The molecule has 1 atom stereocenters. The molecule has 2 fully saturated rings. The van der Waals surface area contributed by atoms with Gasteiger partial charge in [-0.05, 0) is 52.0 Å². The molecule has 2 saturated heterocycles. The Labute approximate surface area is 115 Å². The average Bonchev–Trinajstić information content (AvgIpc) is 2.34. The molecule has 0 aliphatic carbocycles. The highest BCUT2D eigenvalue weighted by Gasteiger charge is 2.34. The number of nitrogens with zero attached hydrogens (tertiary/aromatic N) is 2. The molecule has 5 heteroatoms. The van der Waals surface area contributed by atoms with Crippen LogP contribution in [0.3, 0.4) is 0 Å². The Balaban J connectivity index is 1.95. The Morgan fingerprint density at radius 2 is 2.05 bits per heavy atom. The van der Waals surface area contributed by atoms with Gasteiger partial charge in [0.2, 0.25) is 5.91 Å². The molecule has 0 aromatic heterocycles. The molecule has 2 rings (SSSR count). The second kappa shape index (κ2) is 6.68. The molecule has 2 aliphatic heterocycles. The highest BCUT2D eigenvalue weighted by molar-refractivity contribution is 5.79. The number of nitrogens with one attached hydrogen (secondary N) is 1. The number of carbonyl (C=O) groups excluding carboxylic acids is 1. The van der Waals surface area contributed by atoms with Crippen molar-refractivity contribution in [2.75, 3.05) is 46.4 Å². The molecule has 19 heavy (non-hydrogen) atoms. The first kappa shape index (κ1) is 14.8. The van der Waals surface area contributed by atoms with Crippen LogP contribution in [0.2, 0.25) is 0 Å². The molecule has 0 bridgehead atoms. The molecule has 0 radical (unpaired) electrons. The summed E-state index contributed by atoms with van der Waals surface area (Å²) in [6.45, 7) is 6.57. The van der Waals surface area contributed by atoms with Gasteiger partial charge in [0.1, 0.15) is 0 Å². The van der Waals surface area contributed by atoms with E-state index in [0.29, 0.717) is 18.5 Å². The number of hydrogen-bond donors (Lipinski definition) is 2. The van der Waals surface area contributed by atoms with Gasteiger partial charge in [-0.25, -0.2) is 0 Å². The van der Waals surface area contributed by atoms with Gasteiger partial charge in [-0.3, -0.25) is 4.79 Å². The molecular formula is C14H27N3O2. The van der Waals surface area contributed by atoms with E-state index in [1.807, 2.05) is 11.8 Å². The standard InChI is InChI=1S/C14H27N3O2/c1-11(12-9-15-10-12)14(19)17(7-8-18)13-3-5-16(2)6-4-13/h11-13,15,18H,3-10H2,1-2H3. The maximum absolute atomic E-state index is 12.6. The largest absolute Gasteiger partial charge is 0.395 e. The fraction of sp³-hybridized carbons (Fsp3) is 0.929. The van der Waals surface area contributed by atoms with Crippen molar-refractivity contribution in [2.24, 2.45) is 11.8 Å². The number of hydrogen-bond acceptors (Lipinski definition) is 4. The topological polar surface area (TPSA) is 55.8 Å². The lowest BCUT2D eigenvalue weighted by atomic mass is 9.87. The molecule has 1 unspecified atom stereocenters. The second-order valence-corrected chi connectivity index (χ2v) is 6.00. The number of carbonyl (C=O) groups is 1. The zero-order valence-electron chi connectivity index (χ0n) is 12.1. The van der Waals surface area contributed by atoms with Crippen LogP contribution in [0.15, 0.2) is 0 Å². The van der Waals surface area contributed by atoms with Crippen molar-refractivity contribution in [3.63, 3.8) is 0 Å². The summed E-state index contributed by atoms with van der Waals surface area (Å²) in [7, 11) is 2.12. The van der Waals surface area contributed by atoms with E-state index >= 15 is 0 Å². The van der Waals surface area contributed by atoms with E-state index in [2.05, 4.69) is 17.3 Å². The quantitative estimate of drug-likeness (QED) is 0.723. The number of likely N-dealkylation sites (tertiary alicyclic amines) is 1. The van der Waals surface area contributed by atoms with Crippen LogP contribution in [0, 0.1) is 11.8 Å². The maximum atomic E-state index is 12.6. The Hall–Kier alpha value is -0.650. The van der Waals surface area contributed by atoms with Crippen molar-refractivity contribution in [1.29, 1.82) is 0 Å². The first-order chi connectivity index (χ1) is 9.13. The summed E-state index contributed by atoms with van der Waals surface area (Å²) in [5.41, 5.74) is 0. The van der Waals surface area contributed by atoms with Gasteiger partial charge in [0.05, 0.1) is 6.61 Å². The minimum Gasteiger partial charge on any atom is -0.395 e. The first-order valence-electron chi connectivity index (χ1n) is 7.44. The van der Waals surface area contributed by atoms with Crippen molar-refractivity contribution >= 4 is 5.91 Å². The molecule has 0 spiro atoms. The summed E-state index contributed by atoms with van der Waals surface area (Å²) in [4.78, 5) is 16.9. The van der Waals surface area contributed by atoms with E-state index in [-0.39, 0.29) is 18.4 Å². The summed E-state index contributed by atoms with van der Waals surface area (Å²) in [5.74, 6) is 0.780. The molecule has 2 aliphatic rings. The van der Waals surface area contributed by atoms with Crippen LogP contribution in [0.4, 0.5) is 0 Å². The van der Waals surface area contributed by atoms with E-state index in [9.17, 15) is 9.90 Å². The maximum Gasteiger partial charge on any atom is 0.226 e. The number of aliphatic hydroxyl groups is 1. The predicted octanol–water partition coefficient (Wildman–Crippen LogP) is -0.243. The van der Waals surface area contributed by atoms with Crippen molar-refractivity contribution in [1.82, 2.24) is 15.1 Å². The normalized spacial score (nSPS) is 23.9. The van der Waals surface area contributed by atoms with Crippen LogP contribution in [0.1, 0.15) is 19.8 Å². The zero-order chi connectivity index (χ0) is 13.8. The fourth-order valence-corrected chi connectivity index (χ4v) is 3.01. The van der Waals surface area contributed by atoms with Crippen molar-refractivity contribution in [3.8, 4) is 0 Å². The van der Waals surface area contributed by atoms with Gasteiger partial charge in [-0.15, -0.1) is 0 Å². The third kappa shape index (κ3) is 3.46. The molecule has 0 aromatic carbocycles. The Bertz CT molecular complexity index is 299.